The van der Waals surface area contributed by atoms with Crippen molar-refractivity contribution in [1.82, 2.24) is 4.90 Å². The Morgan fingerprint density at radius 2 is 2.27 bits per heavy atom. The van der Waals surface area contributed by atoms with Crippen molar-refractivity contribution < 1.29 is 9.90 Å². The van der Waals surface area contributed by atoms with Crippen molar-refractivity contribution in [2.75, 3.05) is 19.6 Å². The van der Waals surface area contributed by atoms with Crippen LogP contribution >= 0.6 is 0 Å². The van der Waals surface area contributed by atoms with Crippen molar-refractivity contribution >= 4 is 5.78 Å². The highest BCUT2D eigenvalue weighted by Crippen LogP contribution is 2.17. The molecule has 0 bridgehead atoms. The van der Waals surface area contributed by atoms with E-state index in [4.69, 9.17) is 0 Å². The highest BCUT2D eigenvalue weighted by molar-refractivity contribution is 5.77. The lowest BCUT2D eigenvalue weighted by molar-refractivity contribution is -0.118. The lowest BCUT2D eigenvalue weighted by atomic mass is 9.96. The third-order valence-electron chi connectivity index (χ3n) is 3.33. The average Bonchev–Trinajstić information content (AvgIpc) is 2.23. The van der Waals surface area contributed by atoms with Crippen LogP contribution in [0.5, 0.6) is 0 Å². The van der Waals surface area contributed by atoms with Gasteiger partial charge in [-0.2, -0.15) is 0 Å². The highest BCUT2D eigenvalue weighted by Gasteiger charge is 2.23. The van der Waals surface area contributed by atoms with Crippen LogP contribution in [0.4, 0.5) is 0 Å². The zero-order chi connectivity index (χ0) is 11.3. The summed E-state index contributed by atoms with van der Waals surface area (Å²) in [5.74, 6) is 0.777. The number of ketones is 1. The molecule has 1 fully saturated rings. The third-order valence-corrected chi connectivity index (χ3v) is 3.33. The van der Waals surface area contributed by atoms with Crippen LogP contribution in [0.1, 0.15) is 39.5 Å². The van der Waals surface area contributed by atoms with E-state index in [0.717, 1.165) is 32.5 Å². The van der Waals surface area contributed by atoms with Gasteiger partial charge in [0.25, 0.3) is 0 Å². The maximum Gasteiger partial charge on any atom is 0.132 e. The summed E-state index contributed by atoms with van der Waals surface area (Å²) in [5, 5.41) is 9.69. The van der Waals surface area contributed by atoms with Crippen molar-refractivity contribution in [3.63, 3.8) is 0 Å². The van der Waals surface area contributed by atoms with Crippen LogP contribution in [0.3, 0.4) is 0 Å². The molecule has 1 aliphatic rings. The average molecular weight is 213 g/mol. The Morgan fingerprint density at radius 1 is 1.53 bits per heavy atom. The van der Waals surface area contributed by atoms with Crippen molar-refractivity contribution in [1.29, 1.82) is 0 Å². The largest absolute Gasteiger partial charge is 0.392 e. The number of carbonyl (C=O) groups excluding carboxylic acids is 1. The molecule has 2 atom stereocenters. The fraction of sp³-hybridized carbons (Fsp3) is 0.917. The molecule has 3 heteroatoms. The summed E-state index contributed by atoms with van der Waals surface area (Å²) in [7, 11) is 0. The number of hydrogen-bond donors (Lipinski definition) is 1. The van der Waals surface area contributed by atoms with Crippen LogP contribution in [-0.4, -0.2) is 41.5 Å². The van der Waals surface area contributed by atoms with Crippen LogP contribution in [0, 0.1) is 5.92 Å². The number of Topliss-reactive ketones (excluding diaryl/α,β-unsaturated/α-hetero) is 1. The van der Waals surface area contributed by atoms with Crippen molar-refractivity contribution in [2.24, 2.45) is 5.92 Å². The number of carbonyl (C=O) groups is 1. The molecule has 0 aromatic rings. The molecule has 0 spiro atoms. The van der Waals surface area contributed by atoms with Crippen molar-refractivity contribution in [2.45, 2.75) is 45.6 Å². The molecule has 0 aromatic carbocycles. The Bertz CT molecular complexity index is 206. The Labute approximate surface area is 92.5 Å². The van der Waals surface area contributed by atoms with Gasteiger partial charge in [0.15, 0.2) is 0 Å². The zero-order valence-electron chi connectivity index (χ0n) is 9.91. The van der Waals surface area contributed by atoms with Gasteiger partial charge in [0.1, 0.15) is 5.78 Å². The molecular formula is C12H23NO2. The van der Waals surface area contributed by atoms with Gasteiger partial charge in [0, 0.05) is 19.4 Å². The Kier molecular flexibility index (Phi) is 5.26. The minimum Gasteiger partial charge on any atom is -0.392 e. The first-order valence-electron chi connectivity index (χ1n) is 6.05. The van der Waals surface area contributed by atoms with Gasteiger partial charge >= 0.3 is 0 Å². The second kappa shape index (κ2) is 6.23. The molecule has 1 aliphatic heterocycles. The van der Waals surface area contributed by atoms with Gasteiger partial charge in [0.05, 0.1) is 6.10 Å². The summed E-state index contributed by atoms with van der Waals surface area (Å²) >= 11 is 0. The van der Waals surface area contributed by atoms with E-state index < -0.39 is 0 Å². The number of hydrogen-bond acceptors (Lipinski definition) is 3. The number of aliphatic hydroxyl groups excluding tert-OH is 1. The van der Waals surface area contributed by atoms with E-state index in [1.54, 1.807) is 0 Å². The maximum atomic E-state index is 11.1. The van der Waals surface area contributed by atoms with Gasteiger partial charge < -0.3 is 10.0 Å². The molecule has 0 radical (unpaired) electrons. The molecular weight excluding hydrogens is 190 g/mol. The van der Waals surface area contributed by atoms with E-state index >= 15 is 0 Å². The van der Waals surface area contributed by atoms with Crippen molar-refractivity contribution in [3.05, 3.63) is 0 Å². The van der Waals surface area contributed by atoms with E-state index in [2.05, 4.69) is 11.8 Å². The van der Waals surface area contributed by atoms with Gasteiger partial charge in [0.2, 0.25) is 0 Å². The fourth-order valence-corrected chi connectivity index (χ4v) is 1.99. The summed E-state index contributed by atoms with van der Waals surface area (Å²) in [4.78, 5) is 13.4. The summed E-state index contributed by atoms with van der Waals surface area (Å²) in [5.41, 5.74) is 0. The fourth-order valence-electron chi connectivity index (χ4n) is 1.99. The second-order valence-electron chi connectivity index (χ2n) is 4.63. The number of rotatable bonds is 5. The van der Waals surface area contributed by atoms with Crippen LogP contribution < -0.4 is 0 Å². The van der Waals surface area contributed by atoms with Crippen LogP contribution in [0.25, 0.3) is 0 Å². The quantitative estimate of drug-likeness (QED) is 0.751. The molecule has 0 aromatic heterocycles. The molecule has 0 saturated carbocycles. The predicted octanol–water partition coefficient (Wildman–Crippen LogP) is 1.45. The lowest BCUT2D eigenvalue weighted by Crippen LogP contribution is -2.43. The summed E-state index contributed by atoms with van der Waals surface area (Å²) in [6.45, 7) is 6.81. The SMILES string of the molecule is CCC(=O)CCCN1CCC(C)C(O)C1. The molecule has 0 amide bonds. The number of aliphatic hydroxyl groups is 1. The molecule has 0 aliphatic carbocycles. The Morgan fingerprint density at radius 3 is 2.87 bits per heavy atom. The summed E-state index contributed by atoms with van der Waals surface area (Å²) < 4.78 is 0. The predicted molar refractivity (Wildman–Crippen MR) is 60.8 cm³/mol. The number of piperidine rings is 1. The summed E-state index contributed by atoms with van der Waals surface area (Å²) in [6.07, 6.45) is 3.18. The third kappa shape index (κ3) is 4.31. The van der Waals surface area contributed by atoms with E-state index in [1.807, 2.05) is 6.92 Å². The number of β-amino-alcohol motifs (C(OH)–C–C–N with tert-alkyl or cyclic N) is 1. The zero-order valence-corrected chi connectivity index (χ0v) is 9.91. The Hall–Kier alpha value is -0.410. The smallest absolute Gasteiger partial charge is 0.132 e. The van der Waals surface area contributed by atoms with E-state index in [1.165, 1.54) is 0 Å². The first-order valence-corrected chi connectivity index (χ1v) is 6.05. The number of nitrogens with zero attached hydrogens (tertiary/aromatic N) is 1. The lowest BCUT2D eigenvalue weighted by Gasteiger charge is -2.34. The summed E-state index contributed by atoms with van der Waals surface area (Å²) in [6, 6.07) is 0. The van der Waals surface area contributed by atoms with E-state index in [9.17, 15) is 9.90 Å². The molecule has 3 nitrogen and oxygen atoms in total. The molecule has 1 saturated heterocycles. The molecule has 2 unspecified atom stereocenters. The second-order valence-corrected chi connectivity index (χ2v) is 4.63. The minimum absolute atomic E-state index is 0.180. The van der Waals surface area contributed by atoms with Crippen LogP contribution in [0.15, 0.2) is 0 Å². The normalized spacial score (nSPS) is 27.9. The molecule has 88 valence electrons. The molecule has 15 heavy (non-hydrogen) atoms. The Balaban J connectivity index is 2.14. The maximum absolute atomic E-state index is 11.1. The van der Waals surface area contributed by atoms with Gasteiger partial charge in [-0.1, -0.05) is 13.8 Å². The molecule has 1 rings (SSSR count). The van der Waals surface area contributed by atoms with Crippen LogP contribution in [0.2, 0.25) is 0 Å². The standard InChI is InChI=1S/C12H23NO2/c1-3-11(14)5-4-7-13-8-6-10(2)12(15)9-13/h10,12,15H,3-9H2,1-2H3. The van der Waals surface area contributed by atoms with E-state index in [-0.39, 0.29) is 6.10 Å². The van der Waals surface area contributed by atoms with Crippen molar-refractivity contribution in [3.8, 4) is 0 Å². The monoisotopic (exact) mass is 213 g/mol. The van der Waals surface area contributed by atoms with Gasteiger partial charge in [-0.15, -0.1) is 0 Å². The first-order chi connectivity index (χ1) is 7.13. The minimum atomic E-state index is -0.180. The van der Waals surface area contributed by atoms with E-state index in [0.29, 0.717) is 24.5 Å². The van der Waals surface area contributed by atoms with Gasteiger partial charge in [-0.3, -0.25) is 4.79 Å². The highest BCUT2D eigenvalue weighted by atomic mass is 16.3. The molecule has 1 N–H and O–H groups in total. The first kappa shape index (κ1) is 12.7. The number of likely N-dealkylation sites (tertiary alicyclic amines) is 1. The topological polar surface area (TPSA) is 40.5 Å². The van der Waals surface area contributed by atoms with Crippen LogP contribution in [-0.2, 0) is 4.79 Å². The van der Waals surface area contributed by atoms with Gasteiger partial charge in [-0.05, 0) is 31.8 Å². The van der Waals surface area contributed by atoms with Gasteiger partial charge in [-0.25, -0.2) is 0 Å². The molecule has 1 heterocycles.